The Morgan fingerprint density at radius 2 is 1.86 bits per heavy atom. The highest BCUT2D eigenvalue weighted by molar-refractivity contribution is 5.61. The highest BCUT2D eigenvalue weighted by Gasteiger charge is 2.06. The molecule has 0 amide bonds. The van der Waals surface area contributed by atoms with Gasteiger partial charge in [0.1, 0.15) is 6.29 Å². The van der Waals surface area contributed by atoms with Crippen molar-refractivity contribution >= 4 is 6.29 Å². The zero-order chi connectivity index (χ0) is 10.4. The summed E-state index contributed by atoms with van der Waals surface area (Å²) in [5.41, 5.74) is 2.50. The molecule has 0 aromatic heterocycles. The van der Waals surface area contributed by atoms with E-state index in [0.717, 1.165) is 24.7 Å². The maximum atomic E-state index is 10.7. The Kier molecular flexibility index (Phi) is 4.37. The van der Waals surface area contributed by atoms with Crippen molar-refractivity contribution in [1.29, 1.82) is 0 Å². The first-order valence-corrected chi connectivity index (χ1v) is 5.36. The number of carbonyl (C=O) groups excluding carboxylic acids is 1. The maximum absolute atomic E-state index is 10.7. The van der Waals surface area contributed by atoms with Crippen molar-refractivity contribution in [3.8, 4) is 0 Å². The minimum Gasteiger partial charge on any atom is -0.303 e. The Balaban J connectivity index is 2.76. The van der Waals surface area contributed by atoms with Gasteiger partial charge in [-0.2, -0.15) is 0 Å². The SMILES string of the molecule is CCCc1ccc(C(C=O)CC)cc1. The van der Waals surface area contributed by atoms with E-state index in [-0.39, 0.29) is 5.92 Å². The molecule has 76 valence electrons. The van der Waals surface area contributed by atoms with Crippen LogP contribution in [0, 0.1) is 0 Å². The van der Waals surface area contributed by atoms with Gasteiger partial charge < -0.3 is 4.79 Å². The first-order valence-electron chi connectivity index (χ1n) is 5.36. The van der Waals surface area contributed by atoms with Crippen molar-refractivity contribution in [1.82, 2.24) is 0 Å². The predicted molar refractivity (Wildman–Crippen MR) is 59.5 cm³/mol. The Morgan fingerprint density at radius 3 is 2.29 bits per heavy atom. The van der Waals surface area contributed by atoms with Crippen LogP contribution < -0.4 is 0 Å². The van der Waals surface area contributed by atoms with Gasteiger partial charge in [0.15, 0.2) is 0 Å². The van der Waals surface area contributed by atoms with Gasteiger partial charge in [-0.25, -0.2) is 0 Å². The molecule has 1 heteroatoms. The van der Waals surface area contributed by atoms with Gasteiger partial charge in [0, 0.05) is 5.92 Å². The lowest BCUT2D eigenvalue weighted by molar-refractivity contribution is -0.109. The van der Waals surface area contributed by atoms with Crippen molar-refractivity contribution in [3.63, 3.8) is 0 Å². The summed E-state index contributed by atoms with van der Waals surface area (Å²) in [7, 11) is 0. The zero-order valence-corrected chi connectivity index (χ0v) is 8.99. The van der Waals surface area contributed by atoms with Gasteiger partial charge in [-0.3, -0.25) is 0 Å². The third-order valence-corrected chi connectivity index (χ3v) is 2.55. The molecule has 1 atom stereocenters. The highest BCUT2D eigenvalue weighted by atomic mass is 16.1. The summed E-state index contributed by atoms with van der Waals surface area (Å²) in [6, 6.07) is 8.41. The Morgan fingerprint density at radius 1 is 1.21 bits per heavy atom. The predicted octanol–water partition coefficient (Wildman–Crippen LogP) is 3.33. The molecule has 0 aliphatic carbocycles. The van der Waals surface area contributed by atoms with Crippen molar-refractivity contribution in [2.24, 2.45) is 0 Å². The van der Waals surface area contributed by atoms with Crippen LogP contribution in [0.1, 0.15) is 43.7 Å². The largest absolute Gasteiger partial charge is 0.303 e. The number of carbonyl (C=O) groups is 1. The van der Waals surface area contributed by atoms with Crippen LogP contribution >= 0.6 is 0 Å². The molecule has 1 nitrogen and oxygen atoms in total. The van der Waals surface area contributed by atoms with E-state index < -0.39 is 0 Å². The smallest absolute Gasteiger partial charge is 0.127 e. The molecule has 1 rings (SSSR count). The van der Waals surface area contributed by atoms with Crippen LogP contribution in [-0.4, -0.2) is 6.29 Å². The molecule has 0 fully saturated rings. The second kappa shape index (κ2) is 5.58. The fourth-order valence-corrected chi connectivity index (χ4v) is 1.63. The average molecular weight is 190 g/mol. The summed E-state index contributed by atoms with van der Waals surface area (Å²) < 4.78 is 0. The van der Waals surface area contributed by atoms with E-state index in [1.165, 1.54) is 12.0 Å². The first-order chi connectivity index (χ1) is 6.81. The molecule has 14 heavy (non-hydrogen) atoms. The van der Waals surface area contributed by atoms with Crippen molar-refractivity contribution in [3.05, 3.63) is 35.4 Å². The molecular weight excluding hydrogens is 172 g/mol. The summed E-state index contributed by atoms with van der Waals surface area (Å²) >= 11 is 0. The molecular formula is C13H18O. The van der Waals surface area contributed by atoms with Gasteiger partial charge in [0.25, 0.3) is 0 Å². The van der Waals surface area contributed by atoms with E-state index >= 15 is 0 Å². The molecule has 0 heterocycles. The zero-order valence-electron chi connectivity index (χ0n) is 8.99. The van der Waals surface area contributed by atoms with Crippen LogP contribution in [0.15, 0.2) is 24.3 Å². The Bertz CT molecular complexity index is 274. The molecule has 0 aliphatic heterocycles. The van der Waals surface area contributed by atoms with Gasteiger partial charge in [0.05, 0.1) is 0 Å². The first kappa shape index (κ1) is 11.0. The molecule has 0 aliphatic rings. The summed E-state index contributed by atoms with van der Waals surface area (Å²) in [5, 5.41) is 0. The van der Waals surface area contributed by atoms with Crippen LogP contribution in [0.3, 0.4) is 0 Å². The molecule has 1 unspecified atom stereocenters. The fraction of sp³-hybridized carbons (Fsp3) is 0.462. The normalized spacial score (nSPS) is 12.4. The molecule has 0 saturated heterocycles. The number of hydrogen-bond donors (Lipinski definition) is 0. The van der Waals surface area contributed by atoms with Crippen LogP contribution in [0.4, 0.5) is 0 Å². The van der Waals surface area contributed by atoms with Crippen molar-refractivity contribution in [2.75, 3.05) is 0 Å². The summed E-state index contributed by atoms with van der Waals surface area (Å²) in [6.45, 7) is 4.22. The molecule has 0 saturated carbocycles. The Hall–Kier alpha value is -1.11. The minimum absolute atomic E-state index is 0.0747. The van der Waals surface area contributed by atoms with E-state index in [1.54, 1.807) is 0 Å². The lowest BCUT2D eigenvalue weighted by Crippen LogP contribution is -1.98. The number of aryl methyl sites for hydroxylation is 1. The average Bonchev–Trinajstić information content (AvgIpc) is 2.23. The number of hydrogen-bond acceptors (Lipinski definition) is 1. The number of benzene rings is 1. The lowest BCUT2D eigenvalue weighted by atomic mass is 9.96. The quantitative estimate of drug-likeness (QED) is 0.651. The molecule has 1 aromatic carbocycles. The van der Waals surface area contributed by atoms with Crippen LogP contribution in [0.2, 0.25) is 0 Å². The lowest BCUT2D eigenvalue weighted by Gasteiger charge is -2.08. The highest BCUT2D eigenvalue weighted by Crippen LogP contribution is 2.17. The van der Waals surface area contributed by atoms with E-state index in [9.17, 15) is 4.79 Å². The van der Waals surface area contributed by atoms with Gasteiger partial charge in [-0.05, 0) is 24.0 Å². The van der Waals surface area contributed by atoms with Gasteiger partial charge in [-0.15, -0.1) is 0 Å². The van der Waals surface area contributed by atoms with E-state index in [0.29, 0.717) is 0 Å². The standard InChI is InChI=1S/C13H18O/c1-3-5-11-6-8-13(9-7-11)12(4-2)10-14/h6-10,12H,3-5H2,1-2H3. The molecule has 0 spiro atoms. The molecule has 1 aromatic rings. The fourth-order valence-electron chi connectivity index (χ4n) is 1.63. The Labute approximate surface area is 86.1 Å². The number of aldehydes is 1. The summed E-state index contributed by atoms with van der Waals surface area (Å²) in [5.74, 6) is 0.0747. The van der Waals surface area contributed by atoms with Crippen LogP contribution in [0.25, 0.3) is 0 Å². The maximum Gasteiger partial charge on any atom is 0.127 e. The van der Waals surface area contributed by atoms with E-state index in [2.05, 4.69) is 31.2 Å². The van der Waals surface area contributed by atoms with Gasteiger partial charge in [0.2, 0.25) is 0 Å². The van der Waals surface area contributed by atoms with Gasteiger partial charge in [-0.1, -0.05) is 44.5 Å². The summed E-state index contributed by atoms with van der Waals surface area (Å²) in [6.07, 6.45) is 4.22. The van der Waals surface area contributed by atoms with E-state index in [1.807, 2.05) is 6.92 Å². The monoisotopic (exact) mass is 190 g/mol. The molecule has 0 bridgehead atoms. The van der Waals surface area contributed by atoms with Gasteiger partial charge >= 0.3 is 0 Å². The second-order valence-corrected chi connectivity index (χ2v) is 3.64. The molecule has 0 N–H and O–H groups in total. The summed E-state index contributed by atoms with van der Waals surface area (Å²) in [4.78, 5) is 10.7. The number of rotatable bonds is 5. The van der Waals surface area contributed by atoms with Crippen molar-refractivity contribution < 1.29 is 4.79 Å². The second-order valence-electron chi connectivity index (χ2n) is 3.64. The van der Waals surface area contributed by atoms with Crippen molar-refractivity contribution in [2.45, 2.75) is 39.0 Å². The van der Waals surface area contributed by atoms with E-state index in [4.69, 9.17) is 0 Å². The third kappa shape index (κ3) is 2.69. The molecule has 0 radical (unpaired) electrons. The van der Waals surface area contributed by atoms with Crippen LogP contribution in [-0.2, 0) is 11.2 Å². The topological polar surface area (TPSA) is 17.1 Å². The third-order valence-electron chi connectivity index (χ3n) is 2.55. The van der Waals surface area contributed by atoms with Crippen LogP contribution in [0.5, 0.6) is 0 Å². The minimum atomic E-state index is 0.0747.